The average molecular weight is 407 g/mol. The highest BCUT2D eigenvalue weighted by molar-refractivity contribution is 7.13. The van der Waals surface area contributed by atoms with Crippen LogP contribution in [0.5, 0.6) is 0 Å². The summed E-state index contributed by atoms with van der Waals surface area (Å²) in [4.78, 5) is 29.4. The second-order valence-corrected chi connectivity index (χ2v) is 8.25. The zero-order valence-corrected chi connectivity index (χ0v) is 17.7. The number of aromatic nitrogens is 3. The Hall–Kier alpha value is -2.60. The molecule has 3 aromatic heterocycles. The van der Waals surface area contributed by atoms with Crippen LogP contribution in [0, 0.1) is 0 Å². The summed E-state index contributed by atoms with van der Waals surface area (Å²) < 4.78 is 0. The zero-order chi connectivity index (χ0) is 20.2. The van der Waals surface area contributed by atoms with E-state index in [-0.39, 0.29) is 18.0 Å². The van der Waals surface area contributed by atoms with Gasteiger partial charge in [-0.25, -0.2) is 4.98 Å². The smallest absolute Gasteiger partial charge is 0.274 e. The van der Waals surface area contributed by atoms with Gasteiger partial charge in [-0.3, -0.25) is 14.8 Å². The molecule has 150 valence electrons. The molecule has 3 heterocycles. The molecule has 0 spiro atoms. The van der Waals surface area contributed by atoms with Gasteiger partial charge in [0.25, 0.3) is 5.91 Å². The molecule has 0 fully saturated rings. The molecular formula is C23H26N4OS. The Morgan fingerprint density at radius 1 is 1.17 bits per heavy atom. The van der Waals surface area contributed by atoms with Crippen molar-refractivity contribution in [3.05, 3.63) is 65.1 Å². The molecule has 6 heteroatoms. The van der Waals surface area contributed by atoms with Gasteiger partial charge < -0.3 is 4.90 Å². The van der Waals surface area contributed by atoms with Crippen molar-refractivity contribution in [3.8, 4) is 10.7 Å². The average Bonchev–Trinajstić information content (AvgIpc) is 3.28. The number of hydrogen-bond donors (Lipinski definition) is 0. The highest BCUT2D eigenvalue weighted by Gasteiger charge is 2.35. The summed E-state index contributed by atoms with van der Waals surface area (Å²) in [5.74, 6) is 0.000587. The predicted molar refractivity (Wildman–Crippen MR) is 116 cm³/mol. The fraction of sp³-hybridized carbons (Fsp3) is 0.391. The minimum absolute atomic E-state index is 0.000587. The molecule has 29 heavy (non-hydrogen) atoms. The Morgan fingerprint density at radius 3 is 2.76 bits per heavy atom. The largest absolute Gasteiger partial charge is 0.326 e. The van der Waals surface area contributed by atoms with Crippen molar-refractivity contribution < 1.29 is 4.79 Å². The summed E-state index contributed by atoms with van der Waals surface area (Å²) >= 11 is 1.47. The molecule has 4 rings (SSSR count). The van der Waals surface area contributed by atoms with Gasteiger partial charge >= 0.3 is 0 Å². The molecule has 1 amide bonds. The van der Waals surface area contributed by atoms with Crippen molar-refractivity contribution in [2.75, 3.05) is 0 Å². The number of carbonyl (C=O) groups excluding carboxylic acids is 1. The van der Waals surface area contributed by atoms with E-state index in [4.69, 9.17) is 0 Å². The molecule has 1 aliphatic rings. The third kappa shape index (κ3) is 3.94. The van der Waals surface area contributed by atoms with Crippen LogP contribution in [0.25, 0.3) is 10.7 Å². The highest BCUT2D eigenvalue weighted by atomic mass is 32.1. The van der Waals surface area contributed by atoms with Crippen LogP contribution >= 0.6 is 11.3 Å². The van der Waals surface area contributed by atoms with E-state index >= 15 is 0 Å². The van der Waals surface area contributed by atoms with Gasteiger partial charge in [0.2, 0.25) is 0 Å². The molecular weight excluding hydrogens is 380 g/mol. The maximum atomic E-state index is 13.7. The number of aryl methyl sites for hydroxylation is 1. The number of pyridine rings is 2. The van der Waals surface area contributed by atoms with Crippen molar-refractivity contribution in [2.24, 2.45) is 0 Å². The van der Waals surface area contributed by atoms with Crippen LogP contribution in [-0.4, -0.2) is 31.8 Å². The third-order valence-corrected chi connectivity index (χ3v) is 6.54. The summed E-state index contributed by atoms with van der Waals surface area (Å²) in [5, 5.41) is 2.64. The molecule has 0 unspecified atom stereocenters. The first-order valence-corrected chi connectivity index (χ1v) is 11.2. The van der Waals surface area contributed by atoms with E-state index in [2.05, 4.69) is 39.8 Å². The topological polar surface area (TPSA) is 59.0 Å². The Kier molecular flexibility index (Phi) is 6.00. The van der Waals surface area contributed by atoms with Gasteiger partial charge in [0.05, 0.1) is 17.4 Å². The quantitative estimate of drug-likeness (QED) is 0.557. The number of hydrogen-bond acceptors (Lipinski definition) is 5. The molecule has 0 aliphatic heterocycles. The van der Waals surface area contributed by atoms with Crippen LogP contribution < -0.4 is 0 Å². The summed E-state index contributed by atoms with van der Waals surface area (Å²) in [7, 11) is 0. The number of amides is 1. The zero-order valence-electron chi connectivity index (χ0n) is 16.9. The fourth-order valence-electron chi connectivity index (χ4n) is 4.21. The standard InChI is InChI=1S/C23H26N4OS/c1-3-17(4-2)27(20-12-7-9-16-10-8-14-25-21(16)20)23(28)19-15-29-22(26-19)18-11-5-6-13-24-18/h5-6,8,10-11,13-15,17,20H,3-4,7,9,12H2,1-2H3/t20-/m0/s1. The number of carbonyl (C=O) groups is 1. The molecule has 0 bridgehead atoms. The van der Waals surface area contributed by atoms with Crippen molar-refractivity contribution in [2.45, 2.75) is 58.0 Å². The first kappa shape index (κ1) is 19.7. The van der Waals surface area contributed by atoms with E-state index in [1.165, 1.54) is 16.9 Å². The van der Waals surface area contributed by atoms with E-state index in [0.717, 1.165) is 48.5 Å². The molecule has 5 nitrogen and oxygen atoms in total. The van der Waals surface area contributed by atoms with E-state index < -0.39 is 0 Å². The minimum atomic E-state index is 0.000587. The first-order chi connectivity index (χ1) is 14.2. The summed E-state index contributed by atoms with van der Waals surface area (Å²) in [5.41, 5.74) is 3.63. The lowest BCUT2D eigenvalue weighted by Gasteiger charge is -2.39. The van der Waals surface area contributed by atoms with Gasteiger partial charge in [-0.05, 0) is 55.9 Å². The van der Waals surface area contributed by atoms with Crippen molar-refractivity contribution in [3.63, 3.8) is 0 Å². The Morgan fingerprint density at radius 2 is 2.00 bits per heavy atom. The lowest BCUT2D eigenvalue weighted by Crippen LogP contribution is -2.44. The number of fused-ring (bicyclic) bond motifs is 1. The molecule has 1 atom stereocenters. The van der Waals surface area contributed by atoms with Gasteiger partial charge in [-0.15, -0.1) is 11.3 Å². The molecule has 0 radical (unpaired) electrons. The van der Waals surface area contributed by atoms with Crippen LogP contribution in [0.1, 0.15) is 67.3 Å². The van der Waals surface area contributed by atoms with Crippen LogP contribution in [-0.2, 0) is 6.42 Å². The minimum Gasteiger partial charge on any atom is -0.326 e. The molecule has 0 saturated carbocycles. The van der Waals surface area contributed by atoms with Crippen molar-refractivity contribution in [1.82, 2.24) is 19.9 Å². The van der Waals surface area contributed by atoms with Crippen LogP contribution in [0.15, 0.2) is 48.1 Å². The normalized spacial score (nSPS) is 15.9. The van der Waals surface area contributed by atoms with Crippen molar-refractivity contribution >= 4 is 17.2 Å². The second-order valence-electron chi connectivity index (χ2n) is 7.39. The third-order valence-electron chi connectivity index (χ3n) is 5.68. The van der Waals surface area contributed by atoms with Gasteiger partial charge in [-0.2, -0.15) is 0 Å². The predicted octanol–water partition coefficient (Wildman–Crippen LogP) is 5.31. The van der Waals surface area contributed by atoms with Gasteiger partial charge in [-0.1, -0.05) is 26.0 Å². The van der Waals surface area contributed by atoms with Gasteiger partial charge in [0.15, 0.2) is 0 Å². The molecule has 0 aromatic carbocycles. The van der Waals surface area contributed by atoms with Gasteiger partial charge in [0.1, 0.15) is 10.7 Å². The van der Waals surface area contributed by atoms with Crippen LogP contribution in [0.4, 0.5) is 0 Å². The van der Waals surface area contributed by atoms with Gasteiger partial charge in [0, 0.05) is 23.8 Å². The monoisotopic (exact) mass is 406 g/mol. The Balaban J connectivity index is 1.70. The summed E-state index contributed by atoms with van der Waals surface area (Å²) in [6.07, 6.45) is 8.47. The lowest BCUT2D eigenvalue weighted by molar-refractivity contribution is 0.0514. The molecule has 0 N–H and O–H groups in total. The SMILES string of the molecule is CCC(CC)N(C(=O)c1csc(-c2ccccn2)n1)[C@H]1CCCc2cccnc21. The van der Waals surface area contributed by atoms with E-state index in [1.54, 1.807) is 6.20 Å². The number of nitrogens with zero attached hydrogens (tertiary/aromatic N) is 4. The molecule has 0 saturated heterocycles. The molecule has 3 aromatic rings. The fourth-order valence-corrected chi connectivity index (χ4v) is 4.98. The lowest BCUT2D eigenvalue weighted by atomic mass is 9.89. The van der Waals surface area contributed by atoms with E-state index in [0.29, 0.717) is 5.69 Å². The number of rotatable bonds is 6. The number of thiazole rings is 1. The van der Waals surface area contributed by atoms with Crippen LogP contribution in [0.3, 0.4) is 0 Å². The Labute approximate surface area is 175 Å². The van der Waals surface area contributed by atoms with E-state index in [1.807, 2.05) is 35.8 Å². The first-order valence-electron chi connectivity index (χ1n) is 10.4. The maximum absolute atomic E-state index is 13.7. The second kappa shape index (κ2) is 8.82. The van der Waals surface area contributed by atoms with Crippen molar-refractivity contribution in [1.29, 1.82) is 0 Å². The maximum Gasteiger partial charge on any atom is 0.274 e. The molecule has 1 aliphatic carbocycles. The highest BCUT2D eigenvalue weighted by Crippen LogP contribution is 2.36. The van der Waals surface area contributed by atoms with E-state index in [9.17, 15) is 4.79 Å². The summed E-state index contributed by atoms with van der Waals surface area (Å²) in [6, 6.07) is 10.1. The Bertz CT molecular complexity index is 968. The summed E-state index contributed by atoms with van der Waals surface area (Å²) in [6.45, 7) is 4.30. The van der Waals surface area contributed by atoms with Crippen LogP contribution in [0.2, 0.25) is 0 Å².